The summed E-state index contributed by atoms with van der Waals surface area (Å²) in [7, 11) is 0. The van der Waals surface area contributed by atoms with E-state index in [-0.39, 0.29) is 11.5 Å². The first-order chi connectivity index (χ1) is 8.05. The molecule has 0 heterocycles. The minimum atomic E-state index is 0.181. The predicted octanol–water partition coefficient (Wildman–Crippen LogP) is 4.25. The second-order valence-corrected chi connectivity index (χ2v) is 5.48. The molecule has 17 heavy (non-hydrogen) atoms. The van der Waals surface area contributed by atoms with Crippen LogP contribution in [0.3, 0.4) is 0 Å². The number of benzene rings is 1. The van der Waals surface area contributed by atoms with Crippen LogP contribution < -0.4 is 4.74 Å². The highest BCUT2D eigenvalue weighted by atomic mass is 16.5. The third-order valence-electron chi connectivity index (χ3n) is 2.95. The molecule has 1 aliphatic carbocycles. The number of hydrogen-bond donors (Lipinski definition) is 0. The highest BCUT2D eigenvalue weighted by Gasteiger charge is 2.13. The zero-order valence-corrected chi connectivity index (χ0v) is 10.8. The molecular formula is C16H20O. The Labute approximate surface area is 104 Å². The Morgan fingerprint density at radius 1 is 1.06 bits per heavy atom. The molecule has 0 fully saturated rings. The smallest absolute Gasteiger partial charge is 0.121 e. The van der Waals surface area contributed by atoms with Gasteiger partial charge in [-0.3, -0.25) is 0 Å². The molecule has 1 aliphatic rings. The van der Waals surface area contributed by atoms with Crippen LogP contribution in [0.5, 0.6) is 5.75 Å². The van der Waals surface area contributed by atoms with Crippen LogP contribution >= 0.6 is 0 Å². The highest BCUT2D eigenvalue weighted by molar-refractivity contribution is 5.31. The Balaban J connectivity index is 2.03. The van der Waals surface area contributed by atoms with Crippen molar-refractivity contribution in [2.45, 2.75) is 38.7 Å². The average Bonchev–Trinajstić information content (AvgIpc) is 2.30. The van der Waals surface area contributed by atoms with Gasteiger partial charge in [-0.05, 0) is 29.2 Å². The van der Waals surface area contributed by atoms with Gasteiger partial charge in [-0.2, -0.15) is 0 Å². The van der Waals surface area contributed by atoms with Gasteiger partial charge >= 0.3 is 0 Å². The second-order valence-electron chi connectivity index (χ2n) is 5.48. The van der Waals surface area contributed by atoms with Gasteiger partial charge in [0.25, 0.3) is 0 Å². The summed E-state index contributed by atoms with van der Waals surface area (Å²) in [6, 6.07) is 8.43. The number of hydrogen-bond acceptors (Lipinski definition) is 1. The summed E-state index contributed by atoms with van der Waals surface area (Å²) in [6.07, 6.45) is 9.46. The van der Waals surface area contributed by atoms with Crippen molar-refractivity contribution in [2.24, 2.45) is 0 Å². The van der Waals surface area contributed by atoms with E-state index in [1.54, 1.807) is 0 Å². The number of allylic oxidation sites excluding steroid dienone is 2. The van der Waals surface area contributed by atoms with E-state index in [4.69, 9.17) is 4.74 Å². The highest BCUT2D eigenvalue weighted by Crippen LogP contribution is 2.25. The normalized spacial score (nSPS) is 19.4. The lowest BCUT2D eigenvalue weighted by Gasteiger charge is -2.20. The minimum absolute atomic E-state index is 0.181. The van der Waals surface area contributed by atoms with Gasteiger partial charge in [0.1, 0.15) is 11.9 Å². The molecule has 0 aromatic heterocycles. The van der Waals surface area contributed by atoms with Gasteiger partial charge in [-0.1, -0.05) is 51.1 Å². The van der Waals surface area contributed by atoms with E-state index in [1.807, 2.05) is 6.08 Å². The van der Waals surface area contributed by atoms with Crippen LogP contribution in [0.2, 0.25) is 0 Å². The van der Waals surface area contributed by atoms with E-state index in [9.17, 15) is 0 Å². The molecule has 0 aliphatic heterocycles. The number of rotatable bonds is 2. The van der Waals surface area contributed by atoms with E-state index < -0.39 is 0 Å². The Morgan fingerprint density at radius 3 is 2.29 bits per heavy atom. The van der Waals surface area contributed by atoms with Crippen molar-refractivity contribution in [3.8, 4) is 5.75 Å². The van der Waals surface area contributed by atoms with Crippen molar-refractivity contribution >= 4 is 0 Å². The van der Waals surface area contributed by atoms with Gasteiger partial charge in [0.05, 0.1) is 0 Å². The van der Waals surface area contributed by atoms with Crippen LogP contribution in [0.4, 0.5) is 0 Å². The topological polar surface area (TPSA) is 9.23 Å². The molecule has 1 atom stereocenters. The molecular weight excluding hydrogens is 208 g/mol. The lowest BCUT2D eigenvalue weighted by Crippen LogP contribution is -2.14. The van der Waals surface area contributed by atoms with E-state index >= 15 is 0 Å². The lowest BCUT2D eigenvalue weighted by atomic mass is 9.87. The van der Waals surface area contributed by atoms with E-state index in [0.717, 1.165) is 12.2 Å². The molecule has 0 saturated heterocycles. The summed E-state index contributed by atoms with van der Waals surface area (Å²) >= 11 is 0. The average molecular weight is 228 g/mol. The molecule has 1 aromatic rings. The first-order valence-electron chi connectivity index (χ1n) is 6.16. The zero-order chi connectivity index (χ0) is 12.3. The van der Waals surface area contributed by atoms with Crippen molar-refractivity contribution < 1.29 is 4.74 Å². The summed E-state index contributed by atoms with van der Waals surface area (Å²) in [4.78, 5) is 0. The monoisotopic (exact) mass is 228 g/mol. The molecule has 0 N–H and O–H groups in total. The van der Waals surface area contributed by atoms with Gasteiger partial charge in [0, 0.05) is 6.42 Å². The summed E-state index contributed by atoms with van der Waals surface area (Å²) in [6.45, 7) is 6.66. The maximum absolute atomic E-state index is 5.88. The van der Waals surface area contributed by atoms with Crippen molar-refractivity contribution in [1.82, 2.24) is 0 Å². The molecule has 1 nitrogen and oxygen atoms in total. The standard InChI is InChI=1S/C16H20O/c1-16(2,3)13-9-11-15(12-10-13)17-14-7-5-4-6-8-14/h4-7,9-12,14H,8H2,1-3H3. The molecule has 1 heteroatoms. The molecule has 1 unspecified atom stereocenters. The fourth-order valence-electron chi connectivity index (χ4n) is 1.85. The molecule has 0 bridgehead atoms. The Kier molecular flexibility index (Phi) is 3.37. The lowest BCUT2D eigenvalue weighted by molar-refractivity contribution is 0.251. The minimum Gasteiger partial charge on any atom is -0.486 e. The number of ether oxygens (including phenoxy) is 1. The predicted molar refractivity (Wildman–Crippen MR) is 72.5 cm³/mol. The van der Waals surface area contributed by atoms with Crippen LogP contribution in [0, 0.1) is 0 Å². The second kappa shape index (κ2) is 4.79. The maximum Gasteiger partial charge on any atom is 0.121 e. The first-order valence-corrected chi connectivity index (χ1v) is 6.16. The zero-order valence-electron chi connectivity index (χ0n) is 10.8. The molecule has 2 rings (SSSR count). The maximum atomic E-state index is 5.88. The van der Waals surface area contributed by atoms with Crippen LogP contribution in [0.15, 0.2) is 48.6 Å². The Bertz CT molecular complexity index is 418. The molecule has 0 amide bonds. The van der Waals surface area contributed by atoms with Crippen molar-refractivity contribution in [2.75, 3.05) is 0 Å². The molecule has 0 radical (unpaired) electrons. The SMILES string of the molecule is CC(C)(C)c1ccc(OC2C=CC=CC2)cc1. The third-order valence-corrected chi connectivity index (χ3v) is 2.95. The van der Waals surface area contributed by atoms with Gasteiger partial charge < -0.3 is 4.74 Å². The van der Waals surface area contributed by atoms with Crippen molar-refractivity contribution in [3.63, 3.8) is 0 Å². The van der Waals surface area contributed by atoms with Gasteiger partial charge in [-0.25, -0.2) is 0 Å². The Morgan fingerprint density at radius 2 is 1.76 bits per heavy atom. The molecule has 0 spiro atoms. The molecule has 0 saturated carbocycles. The summed E-state index contributed by atoms with van der Waals surface area (Å²) < 4.78 is 5.88. The largest absolute Gasteiger partial charge is 0.486 e. The van der Waals surface area contributed by atoms with E-state index in [2.05, 4.69) is 63.3 Å². The van der Waals surface area contributed by atoms with Gasteiger partial charge in [0.15, 0.2) is 0 Å². The first kappa shape index (κ1) is 12.0. The van der Waals surface area contributed by atoms with Gasteiger partial charge in [0.2, 0.25) is 0 Å². The summed E-state index contributed by atoms with van der Waals surface area (Å²) in [5.41, 5.74) is 1.54. The molecule has 1 aromatic carbocycles. The fraction of sp³-hybridized carbons (Fsp3) is 0.375. The summed E-state index contributed by atoms with van der Waals surface area (Å²) in [5, 5.41) is 0. The van der Waals surface area contributed by atoms with Crippen LogP contribution in [-0.2, 0) is 5.41 Å². The van der Waals surface area contributed by atoms with Gasteiger partial charge in [-0.15, -0.1) is 0 Å². The van der Waals surface area contributed by atoms with E-state index in [0.29, 0.717) is 0 Å². The fourth-order valence-corrected chi connectivity index (χ4v) is 1.85. The molecule has 90 valence electrons. The van der Waals surface area contributed by atoms with Crippen molar-refractivity contribution in [1.29, 1.82) is 0 Å². The van der Waals surface area contributed by atoms with E-state index in [1.165, 1.54) is 5.56 Å². The summed E-state index contributed by atoms with van der Waals surface area (Å²) in [5.74, 6) is 0.947. The third kappa shape index (κ3) is 3.23. The van der Waals surface area contributed by atoms with Crippen LogP contribution in [-0.4, -0.2) is 6.10 Å². The quantitative estimate of drug-likeness (QED) is 0.735. The Hall–Kier alpha value is -1.50. The van der Waals surface area contributed by atoms with Crippen molar-refractivity contribution in [3.05, 3.63) is 54.1 Å². The van der Waals surface area contributed by atoms with Crippen LogP contribution in [0.25, 0.3) is 0 Å². The van der Waals surface area contributed by atoms with Crippen LogP contribution in [0.1, 0.15) is 32.8 Å².